The van der Waals surface area contributed by atoms with E-state index in [0.717, 1.165) is 6.42 Å². The molecular weight excluding hydrogens is 292 g/mol. The summed E-state index contributed by atoms with van der Waals surface area (Å²) >= 11 is 0. The molecule has 0 unspecified atom stereocenters. The summed E-state index contributed by atoms with van der Waals surface area (Å²) in [6.45, 7) is 5.34. The number of rotatable bonds is 8. The first-order chi connectivity index (χ1) is 11.1. The van der Waals surface area contributed by atoms with E-state index in [-0.39, 0.29) is 11.9 Å². The van der Waals surface area contributed by atoms with Gasteiger partial charge in [0.2, 0.25) is 5.95 Å². The Kier molecular flexibility index (Phi) is 7.26. The van der Waals surface area contributed by atoms with Gasteiger partial charge in [-0.25, -0.2) is 9.97 Å². The van der Waals surface area contributed by atoms with Gasteiger partial charge >= 0.3 is 0 Å². The van der Waals surface area contributed by atoms with E-state index in [1.165, 1.54) is 32.1 Å². The van der Waals surface area contributed by atoms with Crippen molar-refractivity contribution in [1.82, 2.24) is 15.3 Å². The Labute approximate surface area is 138 Å². The number of ether oxygens (including phenoxy) is 1. The van der Waals surface area contributed by atoms with Crippen LogP contribution in [0.3, 0.4) is 0 Å². The van der Waals surface area contributed by atoms with Gasteiger partial charge < -0.3 is 15.4 Å². The normalized spacial score (nSPS) is 15.6. The molecular formula is C17H28N4O2. The summed E-state index contributed by atoms with van der Waals surface area (Å²) in [4.78, 5) is 20.3. The maximum atomic E-state index is 12.0. The lowest BCUT2D eigenvalue weighted by atomic mass is 9.98. The van der Waals surface area contributed by atoms with Crippen molar-refractivity contribution in [3.8, 4) is 0 Å². The average molecular weight is 320 g/mol. The van der Waals surface area contributed by atoms with Crippen LogP contribution < -0.4 is 10.6 Å². The van der Waals surface area contributed by atoms with E-state index in [1.54, 1.807) is 12.4 Å². The molecule has 128 valence electrons. The predicted octanol–water partition coefficient (Wildman–Crippen LogP) is 2.77. The second-order valence-electron chi connectivity index (χ2n) is 6.33. The number of carbonyl (C=O) groups excluding carboxylic acids is 1. The van der Waals surface area contributed by atoms with Crippen LogP contribution in [0, 0.1) is 0 Å². The molecule has 6 nitrogen and oxygen atoms in total. The fourth-order valence-corrected chi connectivity index (χ4v) is 2.64. The lowest BCUT2D eigenvalue weighted by Gasteiger charge is -2.21. The van der Waals surface area contributed by atoms with Crippen LogP contribution in [-0.2, 0) is 4.74 Å². The first kappa shape index (κ1) is 17.7. The molecule has 2 N–H and O–H groups in total. The van der Waals surface area contributed by atoms with Crippen LogP contribution in [0.4, 0.5) is 5.95 Å². The minimum atomic E-state index is -0.140. The predicted molar refractivity (Wildman–Crippen MR) is 90.6 cm³/mol. The molecule has 0 atom stereocenters. The first-order valence-electron chi connectivity index (χ1n) is 8.63. The van der Waals surface area contributed by atoms with Gasteiger partial charge in [-0.05, 0) is 33.1 Å². The van der Waals surface area contributed by atoms with Gasteiger partial charge in [0.05, 0.1) is 11.7 Å². The van der Waals surface area contributed by atoms with Gasteiger partial charge in [-0.2, -0.15) is 0 Å². The third-order valence-electron chi connectivity index (χ3n) is 3.84. The number of hydrogen-bond acceptors (Lipinski definition) is 5. The molecule has 1 aromatic heterocycles. The Bertz CT molecular complexity index is 470. The molecule has 0 spiro atoms. The zero-order valence-electron chi connectivity index (χ0n) is 14.2. The van der Waals surface area contributed by atoms with Crippen LogP contribution in [-0.4, -0.2) is 41.2 Å². The molecule has 2 rings (SSSR count). The Morgan fingerprint density at radius 3 is 2.61 bits per heavy atom. The molecule has 1 aliphatic rings. The average Bonchev–Trinajstić information content (AvgIpc) is 2.55. The fourth-order valence-electron chi connectivity index (χ4n) is 2.64. The standard InChI is InChI=1S/C17H28N4O2/c1-13(2)21-17-19-11-14(12-20-17)16(22)18-9-6-10-23-15-7-4-3-5-8-15/h11-13,15H,3-10H2,1-2H3,(H,18,22)(H,19,20,21). The Morgan fingerprint density at radius 1 is 1.26 bits per heavy atom. The summed E-state index contributed by atoms with van der Waals surface area (Å²) in [6, 6.07) is 0.263. The van der Waals surface area contributed by atoms with Gasteiger partial charge in [0.1, 0.15) is 0 Å². The lowest BCUT2D eigenvalue weighted by molar-refractivity contribution is 0.0273. The van der Waals surface area contributed by atoms with Crippen LogP contribution in [0.2, 0.25) is 0 Å². The molecule has 0 radical (unpaired) electrons. The van der Waals surface area contributed by atoms with Gasteiger partial charge in [0, 0.05) is 31.6 Å². The Hall–Kier alpha value is -1.69. The van der Waals surface area contributed by atoms with Crippen molar-refractivity contribution in [3.63, 3.8) is 0 Å². The number of carbonyl (C=O) groups is 1. The molecule has 0 bridgehead atoms. The molecule has 0 saturated heterocycles. The van der Waals surface area contributed by atoms with Crippen LogP contribution in [0.15, 0.2) is 12.4 Å². The maximum absolute atomic E-state index is 12.0. The number of nitrogens with one attached hydrogen (secondary N) is 2. The first-order valence-corrected chi connectivity index (χ1v) is 8.63. The zero-order valence-corrected chi connectivity index (χ0v) is 14.2. The van der Waals surface area contributed by atoms with Crippen molar-refractivity contribution in [2.75, 3.05) is 18.5 Å². The number of aromatic nitrogens is 2. The molecule has 23 heavy (non-hydrogen) atoms. The molecule has 0 aromatic carbocycles. The topological polar surface area (TPSA) is 76.1 Å². The smallest absolute Gasteiger partial charge is 0.254 e. The zero-order chi connectivity index (χ0) is 16.5. The summed E-state index contributed by atoms with van der Waals surface area (Å²) in [7, 11) is 0. The third-order valence-corrected chi connectivity index (χ3v) is 3.84. The van der Waals surface area contributed by atoms with E-state index in [0.29, 0.717) is 30.8 Å². The minimum absolute atomic E-state index is 0.140. The maximum Gasteiger partial charge on any atom is 0.254 e. The van der Waals surface area contributed by atoms with E-state index in [9.17, 15) is 4.79 Å². The lowest BCUT2D eigenvalue weighted by Crippen LogP contribution is -2.26. The Balaban J connectivity index is 1.62. The van der Waals surface area contributed by atoms with Crippen molar-refractivity contribution in [2.24, 2.45) is 0 Å². The second-order valence-corrected chi connectivity index (χ2v) is 6.33. The molecule has 1 heterocycles. The van der Waals surface area contributed by atoms with E-state index in [4.69, 9.17) is 4.74 Å². The minimum Gasteiger partial charge on any atom is -0.378 e. The highest BCUT2D eigenvalue weighted by molar-refractivity contribution is 5.93. The summed E-state index contributed by atoms with van der Waals surface area (Å²) in [5.41, 5.74) is 0.479. The van der Waals surface area contributed by atoms with Crippen molar-refractivity contribution in [1.29, 1.82) is 0 Å². The van der Waals surface area contributed by atoms with Crippen LogP contribution in [0.1, 0.15) is 62.7 Å². The highest BCUT2D eigenvalue weighted by Gasteiger charge is 2.13. The number of nitrogens with zero attached hydrogens (tertiary/aromatic N) is 2. The van der Waals surface area contributed by atoms with Gasteiger partial charge in [-0.15, -0.1) is 0 Å². The summed E-state index contributed by atoms with van der Waals surface area (Å²) in [6.07, 6.45) is 10.6. The molecule has 1 aromatic rings. The highest BCUT2D eigenvalue weighted by Crippen LogP contribution is 2.20. The molecule has 1 fully saturated rings. The Morgan fingerprint density at radius 2 is 1.96 bits per heavy atom. The third kappa shape index (κ3) is 6.52. The van der Waals surface area contributed by atoms with Gasteiger partial charge in [-0.3, -0.25) is 4.79 Å². The molecule has 1 aliphatic carbocycles. The van der Waals surface area contributed by atoms with Crippen molar-refractivity contribution in [2.45, 2.75) is 64.5 Å². The number of anilines is 1. The van der Waals surface area contributed by atoms with E-state index >= 15 is 0 Å². The van der Waals surface area contributed by atoms with E-state index in [1.807, 2.05) is 13.8 Å². The van der Waals surface area contributed by atoms with E-state index in [2.05, 4.69) is 20.6 Å². The van der Waals surface area contributed by atoms with Gasteiger partial charge in [-0.1, -0.05) is 19.3 Å². The van der Waals surface area contributed by atoms with Crippen LogP contribution in [0.25, 0.3) is 0 Å². The molecule has 0 aliphatic heterocycles. The van der Waals surface area contributed by atoms with Crippen LogP contribution >= 0.6 is 0 Å². The fraction of sp³-hybridized carbons (Fsp3) is 0.706. The highest BCUT2D eigenvalue weighted by atomic mass is 16.5. The van der Waals surface area contributed by atoms with Crippen molar-refractivity contribution >= 4 is 11.9 Å². The molecule has 6 heteroatoms. The monoisotopic (exact) mass is 320 g/mol. The number of amides is 1. The summed E-state index contributed by atoms with van der Waals surface area (Å²) in [5, 5.41) is 5.97. The SMILES string of the molecule is CC(C)Nc1ncc(C(=O)NCCCOC2CCCCC2)cn1. The summed E-state index contributed by atoms with van der Waals surface area (Å²) in [5.74, 6) is 0.399. The van der Waals surface area contributed by atoms with Gasteiger partial charge in [0.15, 0.2) is 0 Å². The molecule has 1 amide bonds. The largest absolute Gasteiger partial charge is 0.378 e. The van der Waals surface area contributed by atoms with Gasteiger partial charge in [0.25, 0.3) is 5.91 Å². The van der Waals surface area contributed by atoms with Crippen LogP contribution in [0.5, 0.6) is 0 Å². The summed E-state index contributed by atoms with van der Waals surface area (Å²) < 4.78 is 5.84. The number of hydrogen-bond donors (Lipinski definition) is 2. The van der Waals surface area contributed by atoms with Crippen molar-refractivity contribution < 1.29 is 9.53 Å². The van der Waals surface area contributed by atoms with Crippen molar-refractivity contribution in [3.05, 3.63) is 18.0 Å². The quantitative estimate of drug-likeness (QED) is 0.720. The second kappa shape index (κ2) is 9.45. The molecule has 1 saturated carbocycles. The van der Waals surface area contributed by atoms with E-state index < -0.39 is 0 Å².